The molecule has 0 spiro atoms. The SMILES string of the molecule is CCCCCOCCCC(=O)Nc1ccc(Cl)c(N)c1. The molecule has 1 amide bonds. The van der Waals surface area contributed by atoms with Crippen molar-refractivity contribution in [2.75, 3.05) is 24.3 Å². The van der Waals surface area contributed by atoms with Gasteiger partial charge in [0.05, 0.1) is 10.7 Å². The Morgan fingerprint density at radius 3 is 2.75 bits per heavy atom. The number of hydrogen-bond acceptors (Lipinski definition) is 3. The first kappa shape index (κ1) is 16.8. The van der Waals surface area contributed by atoms with Gasteiger partial charge >= 0.3 is 0 Å². The molecule has 0 aromatic heterocycles. The summed E-state index contributed by atoms with van der Waals surface area (Å²) in [5.41, 5.74) is 6.80. The van der Waals surface area contributed by atoms with E-state index in [9.17, 15) is 4.79 Å². The molecule has 0 fully saturated rings. The number of carbonyl (C=O) groups is 1. The second-order valence-electron chi connectivity index (χ2n) is 4.71. The highest BCUT2D eigenvalue weighted by Gasteiger charge is 2.04. The van der Waals surface area contributed by atoms with Crippen LogP contribution in [0.2, 0.25) is 5.02 Å². The number of rotatable bonds is 9. The molecule has 1 aromatic rings. The van der Waals surface area contributed by atoms with Crippen LogP contribution in [0.4, 0.5) is 11.4 Å². The van der Waals surface area contributed by atoms with Crippen LogP contribution in [0, 0.1) is 0 Å². The molecular weight excluding hydrogens is 276 g/mol. The van der Waals surface area contributed by atoms with Crippen molar-refractivity contribution in [2.45, 2.75) is 39.0 Å². The van der Waals surface area contributed by atoms with Gasteiger partial charge in [-0.15, -0.1) is 0 Å². The van der Waals surface area contributed by atoms with Gasteiger partial charge in [0.1, 0.15) is 0 Å². The van der Waals surface area contributed by atoms with Gasteiger partial charge in [-0.3, -0.25) is 4.79 Å². The molecule has 0 bridgehead atoms. The highest BCUT2D eigenvalue weighted by Crippen LogP contribution is 2.22. The first-order valence-electron chi connectivity index (χ1n) is 7.06. The number of hydrogen-bond donors (Lipinski definition) is 2. The fourth-order valence-electron chi connectivity index (χ4n) is 1.74. The summed E-state index contributed by atoms with van der Waals surface area (Å²) in [5, 5.41) is 3.28. The molecule has 0 heterocycles. The third kappa shape index (κ3) is 6.78. The maximum atomic E-state index is 11.7. The Balaban J connectivity index is 2.15. The van der Waals surface area contributed by atoms with Crippen LogP contribution in [0.15, 0.2) is 18.2 Å². The molecule has 1 rings (SSSR count). The standard InChI is InChI=1S/C15H23ClN2O2/c1-2-3-4-9-20-10-5-6-15(19)18-12-7-8-13(16)14(17)11-12/h7-8,11H,2-6,9-10,17H2,1H3,(H,18,19). The smallest absolute Gasteiger partial charge is 0.224 e. The number of benzene rings is 1. The average Bonchev–Trinajstić information content (AvgIpc) is 2.42. The fourth-order valence-corrected chi connectivity index (χ4v) is 1.85. The van der Waals surface area contributed by atoms with E-state index in [0.717, 1.165) is 19.4 Å². The van der Waals surface area contributed by atoms with Crippen molar-refractivity contribution in [3.8, 4) is 0 Å². The lowest BCUT2D eigenvalue weighted by Gasteiger charge is -2.07. The Labute approximate surface area is 125 Å². The summed E-state index contributed by atoms with van der Waals surface area (Å²) in [7, 11) is 0. The van der Waals surface area contributed by atoms with Crippen LogP contribution < -0.4 is 11.1 Å². The summed E-state index contributed by atoms with van der Waals surface area (Å²) in [4.78, 5) is 11.7. The van der Waals surface area contributed by atoms with Gasteiger partial charge in [-0.05, 0) is 31.0 Å². The number of ether oxygens (including phenoxy) is 1. The van der Waals surface area contributed by atoms with Gasteiger partial charge in [-0.2, -0.15) is 0 Å². The number of nitrogens with one attached hydrogen (secondary N) is 1. The summed E-state index contributed by atoms with van der Waals surface area (Å²) in [6.45, 7) is 3.57. The fraction of sp³-hybridized carbons (Fsp3) is 0.533. The molecule has 3 N–H and O–H groups in total. The minimum atomic E-state index is -0.0381. The maximum Gasteiger partial charge on any atom is 0.224 e. The van der Waals surface area contributed by atoms with Crippen molar-refractivity contribution in [3.63, 3.8) is 0 Å². The van der Waals surface area contributed by atoms with Gasteiger partial charge in [0, 0.05) is 25.3 Å². The minimum absolute atomic E-state index is 0.0381. The zero-order valence-electron chi connectivity index (χ0n) is 12.0. The number of nitrogens with two attached hydrogens (primary N) is 1. The van der Waals surface area contributed by atoms with E-state index in [4.69, 9.17) is 22.1 Å². The second-order valence-corrected chi connectivity index (χ2v) is 5.11. The summed E-state index contributed by atoms with van der Waals surface area (Å²) in [6, 6.07) is 5.06. The quantitative estimate of drug-likeness (QED) is 0.537. The van der Waals surface area contributed by atoms with Crippen LogP contribution in [0.3, 0.4) is 0 Å². The first-order chi connectivity index (χ1) is 9.63. The van der Waals surface area contributed by atoms with Crippen LogP contribution in [-0.4, -0.2) is 19.1 Å². The zero-order valence-corrected chi connectivity index (χ0v) is 12.7. The molecule has 0 radical (unpaired) electrons. The van der Waals surface area contributed by atoms with Crippen molar-refractivity contribution < 1.29 is 9.53 Å². The highest BCUT2D eigenvalue weighted by atomic mass is 35.5. The number of nitrogen functional groups attached to an aromatic ring is 1. The van der Waals surface area contributed by atoms with Gasteiger partial charge in [0.2, 0.25) is 5.91 Å². The topological polar surface area (TPSA) is 64.3 Å². The normalized spacial score (nSPS) is 10.5. The van der Waals surface area contributed by atoms with Crippen molar-refractivity contribution >= 4 is 28.9 Å². The Bertz CT molecular complexity index is 424. The summed E-state index contributed by atoms with van der Waals surface area (Å²) in [6.07, 6.45) is 4.64. The monoisotopic (exact) mass is 298 g/mol. The minimum Gasteiger partial charge on any atom is -0.397 e. The lowest BCUT2D eigenvalue weighted by atomic mass is 10.2. The summed E-state index contributed by atoms with van der Waals surface area (Å²) < 4.78 is 5.45. The molecule has 0 saturated carbocycles. The van der Waals surface area contributed by atoms with Crippen molar-refractivity contribution in [1.82, 2.24) is 0 Å². The Morgan fingerprint density at radius 1 is 1.30 bits per heavy atom. The Kier molecular flexibility index (Phi) is 8.07. The van der Waals surface area contributed by atoms with Crippen LogP contribution in [0.25, 0.3) is 0 Å². The second kappa shape index (κ2) is 9.61. The molecule has 20 heavy (non-hydrogen) atoms. The van der Waals surface area contributed by atoms with E-state index in [0.29, 0.717) is 29.4 Å². The zero-order chi connectivity index (χ0) is 14.8. The Hall–Kier alpha value is -1.26. The van der Waals surface area contributed by atoms with Gasteiger partial charge in [-0.25, -0.2) is 0 Å². The highest BCUT2D eigenvalue weighted by molar-refractivity contribution is 6.33. The van der Waals surface area contributed by atoms with E-state index in [1.807, 2.05) is 0 Å². The van der Waals surface area contributed by atoms with Gasteiger partial charge < -0.3 is 15.8 Å². The van der Waals surface area contributed by atoms with Gasteiger partial charge in [-0.1, -0.05) is 31.4 Å². The van der Waals surface area contributed by atoms with Crippen LogP contribution in [-0.2, 0) is 9.53 Å². The first-order valence-corrected chi connectivity index (χ1v) is 7.44. The molecule has 0 saturated heterocycles. The van der Waals surface area contributed by atoms with Gasteiger partial charge in [0.15, 0.2) is 0 Å². The van der Waals surface area contributed by atoms with E-state index in [1.54, 1.807) is 18.2 Å². The van der Waals surface area contributed by atoms with Crippen LogP contribution in [0.5, 0.6) is 0 Å². The van der Waals surface area contributed by atoms with Crippen LogP contribution >= 0.6 is 11.6 Å². The molecule has 5 heteroatoms. The van der Waals surface area contributed by atoms with E-state index >= 15 is 0 Å². The molecule has 0 aliphatic rings. The molecule has 0 aliphatic heterocycles. The predicted molar refractivity (Wildman–Crippen MR) is 84.1 cm³/mol. The van der Waals surface area contributed by atoms with E-state index < -0.39 is 0 Å². The van der Waals surface area contributed by atoms with E-state index in [-0.39, 0.29) is 5.91 Å². The molecule has 0 aliphatic carbocycles. The molecule has 4 nitrogen and oxygen atoms in total. The molecular formula is C15H23ClN2O2. The van der Waals surface area contributed by atoms with Crippen molar-refractivity contribution in [2.24, 2.45) is 0 Å². The maximum absolute atomic E-state index is 11.7. The lowest BCUT2D eigenvalue weighted by Crippen LogP contribution is -2.12. The third-order valence-corrected chi connectivity index (χ3v) is 3.21. The molecule has 1 aromatic carbocycles. The lowest BCUT2D eigenvalue weighted by molar-refractivity contribution is -0.116. The number of amides is 1. The summed E-state index contributed by atoms with van der Waals surface area (Å²) >= 11 is 5.82. The number of carbonyl (C=O) groups excluding carboxylic acids is 1. The van der Waals surface area contributed by atoms with Gasteiger partial charge in [0.25, 0.3) is 0 Å². The van der Waals surface area contributed by atoms with Crippen molar-refractivity contribution in [1.29, 1.82) is 0 Å². The number of anilines is 2. The summed E-state index contributed by atoms with van der Waals surface area (Å²) in [5.74, 6) is -0.0381. The van der Waals surface area contributed by atoms with E-state index in [2.05, 4.69) is 12.2 Å². The predicted octanol–water partition coefficient (Wildman–Crippen LogP) is 3.85. The average molecular weight is 299 g/mol. The van der Waals surface area contributed by atoms with E-state index in [1.165, 1.54) is 12.8 Å². The van der Waals surface area contributed by atoms with Crippen LogP contribution in [0.1, 0.15) is 39.0 Å². The largest absolute Gasteiger partial charge is 0.397 e. The van der Waals surface area contributed by atoms with Crippen molar-refractivity contribution in [3.05, 3.63) is 23.2 Å². The Morgan fingerprint density at radius 2 is 2.05 bits per heavy atom. The number of unbranched alkanes of at least 4 members (excludes halogenated alkanes) is 2. The molecule has 0 unspecified atom stereocenters. The molecule has 0 atom stereocenters. The third-order valence-electron chi connectivity index (χ3n) is 2.86. The molecule has 112 valence electrons. The number of halogens is 1.